The number of benzene rings is 1. The predicted octanol–water partition coefficient (Wildman–Crippen LogP) is 1.53. The first-order chi connectivity index (χ1) is 11.4. The van der Waals surface area contributed by atoms with Gasteiger partial charge in [0.25, 0.3) is 11.5 Å². The molecule has 2 aromatic rings. The fraction of sp³-hybridized carbons (Fsp3) is 0.250. The molecular formula is C16H16BrFN2O4. The summed E-state index contributed by atoms with van der Waals surface area (Å²) >= 11 is 3.18. The van der Waals surface area contributed by atoms with E-state index in [1.807, 2.05) is 0 Å². The topological polar surface area (TPSA) is 80.6 Å². The quantitative estimate of drug-likeness (QED) is 0.571. The second-order valence-electron chi connectivity index (χ2n) is 5.01. The summed E-state index contributed by atoms with van der Waals surface area (Å²) < 4.78 is 16.0. The second kappa shape index (κ2) is 8.18. The molecule has 0 saturated carbocycles. The standard InChI is InChI=1S/C16H16BrFN2O4/c1-20-14(8-10-2-3-11(17)9-13(10)18)12(4-5-15(20)22)16(23)19-24-7-6-21/h2-5,9,21H,6-8H2,1H3,(H,19,23). The smallest absolute Gasteiger partial charge is 0.276 e. The lowest BCUT2D eigenvalue weighted by molar-refractivity contribution is 0.0167. The molecule has 1 aromatic carbocycles. The highest BCUT2D eigenvalue weighted by molar-refractivity contribution is 9.10. The van der Waals surface area contributed by atoms with Crippen LogP contribution in [0.25, 0.3) is 0 Å². The van der Waals surface area contributed by atoms with Crippen LogP contribution in [0.1, 0.15) is 21.6 Å². The molecule has 2 rings (SSSR count). The maximum absolute atomic E-state index is 14.1. The van der Waals surface area contributed by atoms with E-state index in [0.29, 0.717) is 15.7 Å². The van der Waals surface area contributed by atoms with E-state index in [-0.39, 0.29) is 30.8 Å². The van der Waals surface area contributed by atoms with E-state index in [0.717, 1.165) is 0 Å². The summed E-state index contributed by atoms with van der Waals surface area (Å²) in [4.78, 5) is 28.9. The number of hydrogen-bond donors (Lipinski definition) is 2. The second-order valence-corrected chi connectivity index (χ2v) is 5.92. The van der Waals surface area contributed by atoms with Crippen LogP contribution in [0.2, 0.25) is 0 Å². The van der Waals surface area contributed by atoms with Crippen LogP contribution in [0.3, 0.4) is 0 Å². The van der Waals surface area contributed by atoms with Crippen molar-refractivity contribution in [3.8, 4) is 0 Å². The van der Waals surface area contributed by atoms with Crippen LogP contribution in [-0.2, 0) is 18.3 Å². The summed E-state index contributed by atoms with van der Waals surface area (Å²) in [6, 6.07) is 7.21. The van der Waals surface area contributed by atoms with Crippen LogP contribution in [0.15, 0.2) is 39.6 Å². The van der Waals surface area contributed by atoms with Crippen molar-refractivity contribution in [2.45, 2.75) is 6.42 Å². The van der Waals surface area contributed by atoms with E-state index < -0.39 is 11.7 Å². The molecule has 0 aliphatic carbocycles. The number of nitrogens with one attached hydrogen (secondary N) is 1. The average Bonchev–Trinajstić information content (AvgIpc) is 2.54. The summed E-state index contributed by atoms with van der Waals surface area (Å²) in [6.07, 6.45) is 0.0639. The molecule has 1 amide bonds. The van der Waals surface area contributed by atoms with Crippen LogP contribution in [0.5, 0.6) is 0 Å². The number of hydroxylamine groups is 1. The monoisotopic (exact) mass is 398 g/mol. The highest BCUT2D eigenvalue weighted by Crippen LogP contribution is 2.19. The zero-order valence-corrected chi connectivity index (χ0v) is 14.5. The molecule has 0 aliphatic heterocycles. The number of aliphatic hydroxyl groups excluding tert-OH is 1. The van der Waals surface area contributed by atoms with Gasteiger partial charge in [-0.25, -0.2) is 9.87 Å². The fourth-order valence-electron chi connectivity index (χ4n) is 2.16. The number of hydrogen-bond acceptors (Lipinski definition) is 4. The molecule has 8 heteroatoms. The van der Waals surface area contributed by atoms with Crippen LogP contribution in [-0.4, -0.2) is 28.8 Å². The minimum atomic E-state index is -0.577. The fourth-order valence-corrected chi connectivity index (χ4v) is 2.49. The number of nitrogens with zero attached hydrogens (tertiary/aromatic N) is 1. The van der Waals surface area contributed by atoms with Crippen LogP contribution >= 0.6 is 15.9 Å². The molecule has 1 aromatic heterocycles. The van der Waals surface area contributed by atoms with Gasteiger partial charge in [-0.1, -0.05) is 22.0 Å². The number of pyridine rings is 1. The number of aliphatic hydroxyl groups is 1. The molecule has 0 unspecified atom stereocenters. The number of carbonyl (C=O) groups excluding carboxylic acids is 1. The van der Waals surface area contributed by atoms with E-state index in [2.05, 4.69) is 21.4 Å². The Kier molecular flexibility index (Phi) is 6.24. The molecule has 0 bridgehead atoms. The molecule has 0 spiro atoms. The maximum Gasteiger partial charge on any atom is 0.276 e. The lowest BCUT2D eigenvalue weighted by atomic mass is 10.0. The van der Waals surface area contributed by atoms with Crippen LogP contribution < -0.4 is 11.0 Å². The van der Waals surface area contributed by atoms with Crippen molar-refractivity contribution in [1.29, 1.82) is 0 Å². The highest BCUT2D eigenvalue weighted by atomic mass is 79.9. The highest BCUT2D eigenvalue weighted by Gasteiger charge is 2.17. The Balaban J connectivity index is 2.38. The predicted molar refractivity (Wildman–Crippen MR) is 89.1 cm³/mol. The van der Waals surface area contributed by atoms with Gasteiger partial charge < -0.3 is 9.67 Å². The van der Waals surface area contributed by atoms with Crippen molar-refractivity contribution >= 4 is 21.8 Å². The van der Waals surface area contributed by atoms with Gasteiger partial charge in [-0.2, -0.15) is 0 Å². The molecule has 0 saturated heterocycles. The Morgan fingerprint density at radius 2 is 2.12 bits per heavy atom. The molecule has 1 heterocycles. The Hall–Kier alpha value is -2.03. The number of carbonyl (C=O) groups is 1. The zero-order chi connectivity index (χ0) is 17.7. The number of aromatic nitrogens is 1. The van der Waals surface area contributed by atoms with Gasteiger partial charge in [0.1, 0.15) is 5.82 Å². The normalized spacial score (nSPS) is 10.7. The van der Waals surface area contributed by atoms with Gasteiger partial charge in [-0.05, 0) is 23.8 Å². The minimum Gasteiger partial charge on any atom is -0.394 e. The maximum atomic E-state index is 14.1. The zero-order valence-electron chi connectivity index (χ0n) is 12.9. The van der Waals surface area contributed by atoms with Gasteiger partial charge in [0.05, 0.1) is 18.8 Å². The van der Waals surface area contributed by atoms with E-state index in [1.165, 1.54) is 29.8 Å². The van der Waals surface area contributed by atoms with Gasteiger partial charge in [0.15, 0.2) is 0 Å². The molecule has 0 fully saturated rings. The largest absolute Gasteiger partial charge is 0.394 e. The van der Waals surface area contributed by atoms with Crippen molar-refractivity contribution in [2.75, 3.05) is 13.2 Å². The van der Waals surface area contributed by atoms with E-state index in [1.54, 1.807) is 12.1 Å². The van der Waals surface area contributed by atoms with E-state index in [9.17, 15) is 14.0 Å². The third-order valence-electron chi connectivity index (χ3n) is 3.41. The summed E-state index contributed by atoms with van der Waals surface area (Å²) in [6.45, 7) is -0.307. The van der Waals surface area contributed by atoms with Gasteiger partial charge in [-0.15, -0.1) is 0 Å². The van der Waals surface area contributed by atoms with Crippen LogP contribution in [0, 0.1) is 5.82 Å². The first-order valence-electron chi connectivity index (χ1n) is 7.10. The summed E-state index contributed by atoms with van der Waals surface area (Å²) in [5.41, 5.74) is 2.77. The first-order valence-corrected chi connectivity index (χ1v) is 7.89. The number of amides is 1. The summed E-state index contributed by atoms with van der Waals surface area (Å²) in [7, 11) is 1.51. The summed E-state index contributed by atoms with van der Waals surface area (Å²) in [5.74, 6) is -1.02. The lowest BCUT2D eigenvalue weighted by Crippen LogP contribution is -2.30. The SMILES string of the molecule is Cn1c(Cc2ccc(Br)cc2F)c(C(=O)NOCCO)ccc1=O. The Morgan fingerprint density at radius 3 is 2.79 bits per heavy atom. The van der Waals surface area contributed by atoms with Gasteiger partial charge in [-0.3, -0.25) is 14.4 Å². The number of rotatable bonds is 6. The van der Waals surface area contributed by atoms with Crippen LogP contribution in [0.4, 0.5) is 4.39 Å². The Bertz CT molecular complexity index is 807. The van der Waals surface area contributed by atoms with Gasteiger partial charge in [0, 0.05) is 29.7 Å². The number of halogens is 2. The Labute approximate surface area is 146 Å². The summed E-state index contributed by atoms with van der Waals surface area (Å²) in [5, 5.41) is 8.67. The first kappa shape index (κ1) is 18.3. The van der Waals surface area contributed by atoms with Gasteiger partial charge >= 0.3 is 0 Å². The Morgan fingerprint density at radius 1 is 1.38 bits per heavy atom. The van der Waals surface area contributed by atoms with E-state index >= 15 is 0 Å². The van der Waals surface area contributed by atoms with Gasteiger partial charge in [0.2, 0.25) is 0 Å². The molecule has 128 valence electrons. The van der Waals surface area contributed by atoms with Crippen molar-refractivity contribution in [2.24, 2.45) is 7.05 Å². The van der Waals surface area contributed by atoms with E-state index in [4.69, 9.17) is 9.94 Å². The average molecular weight is 399 g/mol. The molecule has 6 nitrogen and oxygen atoms in total. The molecule has 0 atom stereocenters. The molecular weight excluding hydrogens is 383 g/mol. The lowest BCUT2D eigenvalue weighted by Gasteiger charge is -2.14. The van der Waals surface area contributed by atoms with Crippen molar-refractivity contribution in [1.82, 2.24) is 10.0 Å². The van der Waals surface area contributed by atoms with Crippen molar-refractivity contribution < 1.29 is 19.1 Å². The molecule has 0 aliphatic rings. The molecule has 24 heavy (non-hydrogen) atoms. The minimum absolute atomic E-state index is 0.0613. The van der Waals surface area contributed by atoms with Crippen molar-refractivity contribution in [3.05, 3.63) is 67.8 Å². The molecule has 0 radical (unpaired) electrons. The third-order valence-corrected chi connectivity index (χ3v) is 3.91. The van der Waals surface area contributed by atoms with Crippen molar-refractivity contribution in [3.63, 3.8) is 0 Å². The third kappa shape index (κ3) is 4.28. The molecule has 2 N–H and O–H groups in total.